The molecule has 0 saturated heterocycles. The molecule has 1 heterocycles. The standard InChI is InChI=1S/C16H23NO3S/c1-9(2)6-13(16(19)20)17-15(18)12-8-21-14-7-10(3)4-5-11(12)14/h8-10,13H,4-7H2,1-3H3,(H,17,18)(H,19,20)/t10?,13-/m1/s1. The fourth-order valence-corrected chi connectivity index (χ4v) is 4.04. The van der Waals surface area contributed by atoms with Gasteiger partial charge in [-0.25, -0.2) is 4.79 Å². The van der Waals surface area contributed by atoms with Gasteiger partial charge in [0.25, 0.3) is 5.91 Å². The molecular formula is C16H23NO3S. The summed E-state index contributed by atoms with van der Waals surface area (Å²) in [4.78, 5) is 24.9. The van der Waals surface area contributed by atoms with E-state index < -0.39 is 12.0 Å². The van der Waals surface area contributed by atoms with Crippen LogP contribution < -0.4 is 5.32 Å². The third-order valence-corrected chi connectivity index (χ3v) is 5.01. The highest BCUT2D eigenvalue weighted by atomic mass is 32.1. The Morgan fingerprint density at radius 1 is 1.48 bits per heavy atom. The highest BCUT2D eigenvalue weighted by Gasteiger charge is 2.26. The minimum absolute atomic E-state index is 0.226. The largest absolute Gasteiger partial charge is 0.480 e. The molecule has 1 amide bonds. The Labute approximate surface area is 129 Å². The van der Waals surface area contributed by atoms with Crippen molar-refractivity contribution in [2.24, 2.45) is 11.8 Å². The summed E-state index contributed by atoms with van der Waals surface area (Å²) in [5, 5.41) is 13.8. The highest BCUT2D eigenvalue weighted by Crippen LogP contribution is 2.32. The summed E-state index contributed by atoms with van der Waals surface area (Å²) in [6, 6.07) is -0.810. The van der Waals surface area contributed by atoms with Gasteiger partial charge in [-0.2, -0.15) is 0 Å². The Kier molecular flexibility index (Phi) is 5.04. The van der Waals surface area contributed by atoms with Crippen molar-refractivity contribution in [3.63, 3.8) is 0 Å². The maximum atomic E-state index is 12.4. The van der Waals surface area contributed by atoms with Gasteiger partial charge in [0.2, 0.25) is 0 Å². The SMILES string of the molecule is CC(C)C[C@@H](NC(=O)c1csc2c1CCC(C)C2)C(=O)O. The Hall–Kier alpha value is -1.36. The van der Waals surface area contributed by atoms with Crippen LogP contribution in [-0.2, 0) is 17.6 Å². The second kappa shape index (κ2) is 6.60. The predicted octanol–water partition coefficient (Wildman–Crippen LogP) is 3.10. The molecular weight excluding hydrogens is 286 g/mol. The van der Waals surface area contributed by atoms with Gasteiger partial charge in [0.1, 0.15) is 6.04 Å². The monoisotopic (exact) mass is 309 g/mol. The summed E-state index contributed by atoms with van der Waals surface area (Å²) >= 11 is 1.63. The molecule has 1 aliphatic rings. The van der Waals surface area contributed by atoms with Crippen molar-refractivity contribution in [3.05, 3.63) is 21.4 Å². The van der Waals surface area contributed by atoms with Crippen molar-refractivity contribution in [2.75, 3.05) is 0 Å². The van der Waals surface area contributed by atoms with Crippen molar-refractivity contribution in [1.29, 1.82) is 0 Å². The van der Waals surface area contributed by atoms with Gasteiger partial charge in [0.05, 0.1) is 5.56 Å². The number of aliphatic carboxylic acids is 1. The second-order valence-corrected chi connectivity index (χ2v) is 7.36. The molecule has 0 aliphatic heterocycles. The summed E-state index contributed by atoms with van der Waals surface area (Å²) in [6.07, 6.45) is 3.50. The Morgan fingerprint density at radius 3 is 2.81 bits per heavy atom. The summed E-state index contributed by atoms with van der Waals surface area (Å²) in [5.74, 6) is -0.312. The summed E-state index contributed by atoms with van der Waals surface area (Å²) in [6.45, 7) is 6.14. The number of carbonyl (C=O) groups is 2. The molecule has 5 heteroatoms. The number of hydrogen-bond donors (Lipinski definition) is 2. The third-order valence-electron chi connectivity index (χ3n) is 3.96. The van der Waals surface area contributed by atoms with Crippen LogP contribution >= 0.6 is 11.3 Å². The molecule has 0 aromatic carbocycles. The van der Waals surface area contributed by atoms with Gasteiger partial charge < -0.3 is 10.4 Å². The molecule has 0 radical (unpaired) electrons. The maximum absolute atomic E-state index is 12.4. The Balaban J connectivity index is 2.11. The molecule has 0 bridgehead atoms. The first kappa shape index (κ1) is 16.0. The van der Waals surface area contributed by atoms with E-state index in [1.54, 1.807) is 11.3 Å². The summed E-state index contributed by atoms with van der Waals surface area (Å²) < 4.78 is 0. The number of carboxylic acids is 1. The lowest BCUT2D eigenvalue weighted by Gasteiger charge is -2.20. The normalized spacial score (nSPS) is 19.1. The van der Waals surface area contributed by atoms with Gasteiger partial charge in [-0.3, -0.25) is 4.79 Å². The van der Waals surface area contributed by atoms with Crippen LogP contribution in [0.5, 0.6) is 0 Å². The predicted molar refractivity (Wildman–Crippen MR) is 83.9 cm³/mol. The third kappa shape index (κ3) is 3.84. The molecule has 2 rings (SSSR count). The second-order valence-electron chi connectivity index (χ2n) is 6.39. The number of thiophene rings is 1. The zero-order valence-corrected chi connectivity index (χ0v) is 13.6. The number of carbonyl (C=O) groups excluding carboxylic acids is 1. The van der Waals surface area contributed by atoms with E-state index in [-0.39, 0.29) is 11.8 Å². The van der Waals surface area contributed by atoms with Crippen molar-refractivity contribution >= 4 is 23.2 Å². The van der Waals surface area contributed by atoms with Crippen LogP contribution in [0.25, 0.3) is 0 Å². The molecule has 0 saturated carbocycles. The quantitative estimate of drug-likeness (QED) is 0.878. The minimum Gasteiger partial charge on any atom is -0.480 e. The lowest BCUT2D eigenvalue weighted by molar-refractivity contribution is -0.139. The number of amides is 1. The maximum Gasteiger partial charge on any atom is 0.326 e. The molecule has 2 N–H and O–H groups in total. The van der Waals surface area contributed by atoms with Gasteiger partial charge in [0, 0.05) is 10.3 Å². The van der Waals surface area contributed by atoms with Crippen molar-refractivity contribution in [3.8, 4) is 0 Å². The molecule has 2 atom stereocenters. The molecule has 1 unspecified atom stereocenters. The summed E-state index contributed by atoms with van der Waals surface area (Å²) in [5.41, 5.74) is 1.81. The molecule has 1 aliphatic carbocycles. The van der Waals surface area contributed by atoms with Crippen LogP contribution in [0.3, 0.4) is 0 Å². The molecule has 116 valence electrons. The highest BCUT2D eigenvalue weighted by molar-refractivity contribution is 7.10. The molecule has 4 nitrogen and oxygen atoms in total. The van der Waals surface area contributed by atoms with E-state index in [1.807, 2.05) is 19.2 Å². The van der Waals surface area contributed by atoms with Crippen molar-refractivity contribution in [1.82, 2.24) is 5.32 Å². The lowest BCUT2D eigenvalue weighted by atomic mass is 9.88. The van der Waals surface area contributed by atoms with E-state index in [4.69, 9.17) is 0 Å². The number of carboxylic acid groups (broad SMARTS) is 1. The van der Waals surface area contributed by atoms with Gasteiger partial charge >= 0.3 is 5.97 Å². The summed E-state index contributed by atoms with van der Waals surface area (Å²) in [7, 11) is 0. The van der Waals surface area contributed by atoms with E-state index >= 15 is 0 Å². The molecule has 0 fully saturated rings. The zero-order valence-electron chi connectivity index (χ0n) is 12.8. The number of nitrogens with one attached hydrogen (secondary N) is 1. The number of fused-ring (bicyclic) bond motifs is 1. The van der Waals surface area contributed by atoms with Crippen LogP contribution in [0.4, 0.5) is 0 Å². The van der Waals surface area contributed by atoms with E-state index in [0.717, 1.165) is 24.8 Å². The zero-order chi connectivity index (χ0) is 15.6. The molecule has 1 aromatic rings. The first-order valence-electron chi connectivity index (χ1n) is 7.51. The smallest absolute Gasteiger partial charge is 0.326 e. The van der Waals surface area contributed by atoms with E-state index in [0.29, 0.717) is 17.9 Å². The number of hydrogen-bond acceptors (Lipinski definition) is 3. The average molecular weight is 309 g/mol. The van der Waals surface area contributed by atoms with Crippen LogP contribution in [0, 0.1) is 11.8 Å². The number of rotatable bonds is 5. The average Bonchev–Trinajstić information content (AvgIpc) is 2.80. The molecule has 1 aromatic heterocycles. The minimum atomic E-state index is -0.963. The van der Waals surface area contributed by atoms with E-state index in [9.17, 15) is 14.7 Å². The fraction of sp³-hybridized carbons (Fsp3) is 0.625. The Bertz CT molecular complexity index is 536. The van der Waals surface area contributed by atoms with Gasteiger partial charge in [-0.1, -0.05) is 20.8 Å². The Morgan fingerprint density at radius 2 is 2.19 bits per heavy atom. The molecule has 21 heavy (non-hydrogen) atoms. The van der Waals surface area contributed by atoms with Crippen molar-refractivity contribution in [2.45, 2.75) is 52.5 Å². The van der Waals surface area contributed by atoms with Gasteiger partial charge in [-0.15, -0.1) is 11.3 Å². The first-order chi connectivity index (χ1) is 9.88. The van der Waals surface area contributed by atoms with Crippen molar-refractivity contribution < 1.29 is 14.7 Å². The topological polar surface area (TPSA) is 66.4 Å². The molecule has 0 spiro atoms. The van der Waals surface area contributed by atoms with E-state index in [1.165, 1.54) is 4.88 Å². The van der Waals surface area contributed by atoms with Crippen LogP contribution in [-0.4, -0.2) is 23.0 Å². The van der Waals surface area contributed by atoms with E-state index in [2.05, 4.69) is 12.2 Å². The van der Waals surface area contributed by atoms with Crippen LogP contribution in [0.2, 0.25) is 0 Å². The lowest BCUT2D eigenvalue weighted by Crippen LogP contribution is -2.41. The van der Waals surface area contributed by atoms with Gasteiger partial charge in [-0.05, 0) is 43.1 Å². The van der Waals surface area contributed by atoms with Gasteiger partial charge in [0.15, 0.2) is 0 Å². The van der Waals surface area contributed by atoms with Crippen LogP contribution in [0.15, 0.2) is 5.38 Å². The first-order valence-corrected chi connectivity index (χ1v) is 8.39. The fourth-order valence-electron chi connectivity index (χ4n) is 2.80. The van der Waals surface area contributed by atoms with Crippen LogP contribution in [0.1, 0.15) is 54.4 Å².